The molecule has 0 saturated carbocycles. The number of benzene rings is 1. The molecule has 1 aliphatic rings. The SMILES string of the molecule is CC1CCC(CO)CN1C(=O)C(=O)Nc1c(F)cc(Cl)cc1F. The summed E-state index contributed by atoms with van der Waals surface area (Å²) in [5.41, 5.74) is -0.712. The fourth-order valence-corrected chi connectivity index (χ4v) is 2.76. The second-order valence-electron chi connectivity index (χ2n) is 5.63. The minimum Gasteiger partial charge on any atom is -0.396 e. The number of hydrogen-bond acceptors (Lipinski definition) is 3. The summed E-state index contributed by atoms with van der Waals surface area (Å²) in [7, 11) is 0. The second-order valence-corrected chi connectivity index (χ2v) is 6.07. The first kappa shape index (κ1) is 17.6. The molecule has 5 nitrogen and oxygen atoms in total. The van der Waals surface area contributed by atoms with Gasteiger partial charge < -0.3 is 15.3 Å². The third-order valence-electron chi connectivity index (χ3n) is 3.94. The van der Waals surface area contributed by atoms with Gasteiger partial charge in [-0.15, -0.1) is 0 Å². The van der Waals surface area contributed by atoms with Gasteiger partial charge in [0.2, 0.25) is 0 Å². The molecule has 0 radical (unpaired) electrons. The van der Waals surface area contributed by atoms with Gasteiger partial charge in [0.15, 0.2) is 11.6 Å². The topological polar surface area (TPSA) is 69.6 Å². The van der Waals surface area contributed by atoms with Gasteiger partial charge in [-0.1, -0.05) is 11.6 Å². The molecule has 8 heteroatoms. The highest BCUT2D eigenvalue weighted by Gasteiger charge is 2.32. The number of hydrogen-bond donors (Lipinski definition) is 2. The lowest BCUT2D eigenvalue weighted by molar-refractivity contribution is -0.146. The number of halogens is 3. The van der Waals surface area contributed by atoms with Crippen molar-refractivity contribution in [2.75, 3.05) is 18.5 Å². The third kappa shape index (κ3) is 3.97. The van der Waals surface area contributed by atoms with Gasteiger partial charge in [-0.3, -0.25) is 9.59 Å². The lowest BCUT2D eigenvalue weighted by Crippen LogP contribution is -2.50. The number of piperidine rings is 1. The largest absolute Gasteiger partial charge is 0.396 e. The van der Waals surface area contributed by atoms with Gasteiger partial charge in [0.25, 0.3) is 0 Å². The van der Waals surface area contributed by atoms with Crippen LogP contribution in [-0.4, -0.2) is 41.0 Å². The molecule has 0 aliphatic carbocycles. The van der Waals surface area contributed by atoms with E-state index in [1.165, 1.54) is 4.90 Å². The molecule has 2 N–H and O–H groups in total. The summed E-state index contributed by atoms with van der Waals surface area (Å²) in [4.78, 5) is 25.5. The number of nitrogens with one attached hydrogen (secondary N) is 1. The second kappa shape index (κ2) is 7.23. The van der Waals surface area contributed by atoms with E-state index in [1.54, 1.807) is 6.92 Å². The molecule has 1 aromatic carbocycles. The van der Waals surface area contributed by atoms with Crippen LogP contribution in [-0.2, 0) is 9.59 Å². The van der Waals surface area contributed by atoms with E-state index in [1.807, 2.05) is 5.32 Å². The van der Waals surface area contributed by atoms with E-state index in [0.717, 1.165) is 18.6 Å². The molecule has 1 saturated heterocycles. The third-order valence-corrected chi connectivity index (χ3v) is 4.16. The molecule has 1 aromatic rings. The first-order chi connectivity index (χ1) is 10.8. The maximum absolute atomic E-state index is 13.7. The Labute approximate surface area is 137 Å². The zero-order valence-corrected chi connectivity index (χ0v) is 13.2. The Morgan fingerprint density at radius 3 is 2.52 bits per heavy atom. The average Bonchev–Trinajstić information content (AvgIpc) is 2.50. The van der Waals surface area contributed by atoms with Crippen molar-refractivity contribution in [1.82, 2.24) is 4.90 Å². The van der Waals surface area contributed by atoms with Crippen LogP contribution < -0.4 is 5.32 Å². The number of aliphatic hydroxyl groups excluding tert-OH is 1. The predicted molar refractivity (Wildman–Crippen MR) is 81.0 cm³/mol. The van der Waals surface area contributed by atoms with E-state index in [4.69, 9.17) is 11.6 Å². The van der Waals surface area contributed by atoms with Crippen molar-refractivity contribution in [2.45, 2.75) is 25.8 Å². The van der Waals surface area contributed by atoms with E-state index < -0.39 is 29.1 Å². The van der Waals surface area contributed by atoms with Crippen LogP contribution in [0.3, 0.4) is 0 Å². The summed E-state index contributed by atoms with van der Waals surface area (Å²) in [6, 6.07) is 1.50. The van der Waals surface area contributed by atoms with Gasteiger partial charge in [0.05, 0.1) is 0 Å². The normalized spacial score (nSPS) is 21.2. The van der Waals surface area contributed by atoms with Gasteiger partial charge in [0, 0.05) is 24.2 Å². The number of carbonyl (C=O) groups is 2. The Morgan fingerprint density at radius 2 is 1.96 bits per heavy atom. The zero-order valence-electron chi connectivity index (χ0n) is 12.5. The van der Waals surface area contributed by atoms with Crippen molar-refractivity contribution in [1.29, 1.82) is 0 Å². The Bertz CT molecular complexity index is 604. The van der Waals surface area contributed by atoms with E-state index in [-0.39, 0.29) is 30.1 Å². The van der Waals surface area contributed by atoms with E-state index in [9.17, 15) is 23.5 Å². The van der Waals surface area contributed by atoms with Crippen LogP contribution in [0.2, 0.25) is 5.02 Å². The molecular weight excluding hydrogens is 330 g/mol. The summed E-state index contributed by atoms with van der Waals surface area (Å²) >= 11 is 5.50. The average molecular weight is 347 g/mol. The Hall–Kier alpha value is -1.73. The van der Waals surface area contributed by atoms with Gasteiger partial charge in [0.1, 0.15) is 5.69 Å². The quantitative estimate of drug-likeness (QED) is 0.806. The molecule has 0 bridgehead atoms. The lowest BCUT2D eigenvalue weighted by Gasteiger charge is -2.36. The number of anilines is 1. The van der Waals surface area contributed by atoms with Crippen LogP contribution in [0, 0.1) is 17.6 Å². The van der Waals surface area contributed by atoms with Crippen LogP contribution >= 0.6 is 11.6 Å². The van der Waals surface area contributed by atoms with Crippen molar-refractivity contribution < 1.29 is 23.5 Å². The highest BCUT2D eigenvalue weighted by atomic mass is 35.5. The zero-order chi connectivity index (χ0) is 17.1. The number of aliphatic hydroxyl groups is 1. The number of nitrogens with zero attached hydrogens (tertiary/aromatic N) is 1. The van der Waals surface area contributed by atoms with Gasteiger partial charge in [-0.2, -0.15) is 0 Å². The van der Waals surface area contributed by atoms with Gasteiger partial charge in [-0.25, -0.2) is 8.78 Å². The number of rotatable bonds is 2. The van der Waals surface area contributed by atoms with Crippen molar-refractivity contribution in [3.8, 4) is 0 Å². The molecule has 1 aliphatic heterocycles. The first-order valence-electron chi connectivity index (χ1n) is 7.20. The van der Waals surface area contributed by atoms with E-state index in [2.05, 4.69) is 0 Å². The highest BCUT2D eigenvalue weighted by Crippen LogP contribution is 2.25. The smallest absolute Gasteiger partial charge is 0.314 e. The summed E-state index contributed by atoms with van der Waals surface area (Å²) in [6.07, 6.45) is 1.40. The van der Waals surface area contributed by atoms with Crippen molar-refractivity contribution in [3.63, 3.8) is 0 Å². The summed E-state index contributed by atoms with van der Waals surface area (Å²) in [5.74, 6) is -4.24. The molecule has 0 spiro atoms. The standard InChI is InChI=1S/C15H17ClF2N2O3/c1-8-2-3-9(7-21)6-20(8)15(23)14(22)19-13-11(17)4-10(16)5-12(13)18/h4-5,8-9,21H,2-3,6-7H2,1H3,(H,19,22). The Kier molecular flexibility index (Phi) is 5.54. The molecule has 2 unspecified atom stereocenters. The monoisotopic (exact) mass is 346 g/mol. The molecule has 1 heterocycles. The fraction of sp³-hybridized carbons (Fsp3) is 0.467. The number of carbonyl (C=O) groups excluding carboxylic acids is 2. The Balaban J connectivity index is 2.12. The van der Waals surface area contributed by atoms with Crippen LogP contribution in [0.5, 0.6) is 0 Å². The minimum absolute atomic E-state index is 0.0848. The maximum atomic E-state index is 13.7. The summed E-state index contributed by atoms with van der Waals surface area (Å²) < 4.78 is 27.3. The van der Waals surface area contributed by atoms with E-state index in [0.29, 0.717) is 6.42 Å². The molecule has 23 heavy (non-hydrogen) atoms. The highest BCUT2D eigenvalue weighted by molar-refractivity contribution is 6.39. The van der Waals surface area contributed by atoms with Gasteiger partial charge in [-0.05, 0) is 37.8 Å². The molecule has 1 fully saturated rings. The number of likely N-dealkylation sites (tertiary alicyclic amines) is 1. The maximum Gasteiger partial charge on any atom is 0.314 e. The minimum atomic E-state index is -1.13. The lowest BCUT2D eigenvalue weighted by atomic mass is 9.94. The van der Waals surface area contributed by atoms with Crippen LogP contribution in [0.1, 0.15) is 19.8 Å². The summed E-state index contributed by atoms with van der Waals surface area (Å²) in [5, 5.41) is 11.0. The molecule has 2 amide bonds. The van der Waals surface area contributed by atoms with Gasteiger partial charge >= 0.3 is 11.8 Å². The molecule has 2 rings (SSSR count). The van der Waals surface area contributed by atoms with Crippen LogP contribution in [0.15, 0.2) is 12.1 Å². The van der Waals surface area contributed by atoms with Crippen molar-refractivity contribution >= 4 is 29.1 Å². The molecule has 2 atom stereocenters. The van der Waals surface area contributed by atoms with Crippen molar-refractivity contribution in [3.05, 3.63) is 28.8 Å². The predicted octanol–water partition coefficient (Wildman–Crippen LogP) is 2.18. The molecular formula is C15H17ClF2N2O3. The van der Waals surface area contributed by atoms with Crippen LogP contribution in [0.4, 0.5) is 14.5 Å². The first-order valence-corrected chi connectivity index (χ1v) is 7.58. The number of amides is 2. The Morgan fingerprint density at radius 1 is 1.35 bits per heavy atom. The summed E-state index contributed by atoms with van der Waals surface area (Å²) in [6.45, 7) is 1.93. The fourth-order valence-electron chi connectivity index (χ4n) is 2.57. The molecule has 126 valence electrons. The van der Waals surface area contributed by atoms with Crippen molar-refractivity contribution in [2.24, 2.45) is 5.92 Å². The van der Waals surface area contributed by atoms with E-state index >= 15 is 0 Å². The molecule has 0 aromatic heterocycles. The van der Waals surface area contributed by atoms with Crippen LogP contribution in [0.25, 0.3) is 0 Å².